The maximum atomic E-state index is 4.03. The first-order valence-corrected chi connectivity index (χ1v) is 6.97. The topological polar surface area (TPSA) is 29.9 Å². The molecule has 1 N–H and O–H groups in total. The molecule has 2 aromatic rings. The van der Waals surface area contributed by atoms with Gasteiger partial charge < -0.3 is 9.88 Å². The van der Waals surface area contributed by atoms with Gasteiger partial charge in [0, 0.05) is 36.9 Å². The van der Waals surface area contributed by atoms with E-state index in [1.54, 1.807) is 0 Å². The van der Waals surface area contributed by atoms with Crippen LogP contribution in [0.25, 0.3) is 0 Å². The van der Waals surface area contributed by atoms with E-state index in [1.807, 2.05) is 12.4 Å². The Balaban J connectivity index is 1.83. The Morgan fingerprint density at radius 3 is 2.58 bits per heavy atom. The zero-order valence-corrected chi connectivity index (χ0v) is 12.1. The third-order valence-electron chi connectivity index (χ3n) is 3.65. The number of hydrogen-bond acceptors (Lipinski definition) is 2. The number of nitrogens with one attached hydrogen (secondary N) is 1. The average Bonchev–Trinajstić information content (AvgIpc) is 2.70. The molecular formula is C16H23N3. The second-order valence-corrected chi connectivity index (χ2v) is 4.92. The van der Waals surface area contributed by atoms with E-state index in [1.165, 1.54) is 22.5 Å². The van der Waals surface area contributed by atoms with Crippen LogP contribution in [0.2, 0.25) is 0 Å². The summed E-state index contributed by atoms with van der Waals surface area (Å²) in [5.74, 6) is 0. The number of nitrogens with zero attached hydrogens (tertiary/aromatic N) is 2. The molecule has 0 aliphatic rings. The molecule has 0 bridgehead atoms. The quantitative estimate of drug-likeness (QED) is 0.806. The van der Waals surface area contributed by atoms with E-state index in [4.69, 9.17) is 0 Å². The molecule has 0 fully saturated rings. The third-order valence-corrected chi connectivity index (χ3v) is 3.65. The third kappa shape index (κ3) is 3.44. The number of pyridine rings is 1. The molecule has 0 spiro atoms. The standard InChI is InChI=1S/C16H23N3/c1-4-19-13(2)11-16(14(19)3)12-18-10-7-15-5-8-17-9-6-15/h5-6,8-9,11,18H,4,7,10,12H2,1-3H3. The second kappa shape index (κ2) is 6.53. The highest BCUT2D eigenvalue weighted by Gasteiger charge is 2.06. The number of hydrogen-bond donors (Lipinski definition) is 1. The smallest absolute Gasteiger partial charge is 0.0270 e. The Labute approximate surface area is 115 Å². The molecule has 102 valence electrons. The van der Waals surface area contributed by atoms with Crippen LogP contribution in [0.1, 0.15) is 29.4 Å². The van der Waals surface area contributed by atoms with Crippen molar-refractivity contribution < 1.29 is 0 Å². The Morgan fingerprint density at radius 2 is 1.95 bits per heavy atom. The monoisotopic (exact) mass is 257 g/mol. The van der Waals surface area contributed by atoms with Crippen LogP contribution >= 0.6 is 0 Å². The van der Waals surface area contributed by atoms with Crippen molar-refractivity contribution >= 4 is 0 Å². The fourth-order valence-corrected chi connectivity index (χ4v) is 2.54. The Bertz CT molecular complexity index is 514. The zero-order chi connectivity index (χ0) is 13.7. The van der Waals surface area contributed by atoms with Crippen molar-refractivity contribution in [3.05, 3.63) is 53.1 Å². The van der Waals surface area contributed by atoms with Crippen LogP contribution in [-0.4, -0.2) is 16.1 Å². The molecule has 2 aromatic heterocycles. The van der Waals surface area contributed by atoms with Gasteiger partial charge in [0.15, 0.2) is 0 Å². The van der Waals surface area contributed by atoms with Crippen LogP contribution in [0.3, 0.4) is 0 Å². The van der Waals surface area contributed by atoms with Gasteiger partial charge in [-0.25, -0.2) is 0 Å². The number of aryl methyl sites for hydroxylation is 1. The molecule has 3 heteroatoms. The summed E-state index contributed by atoms with van der Waals surface area (Å²) < 4.78 is 2.36. The minimum absolute atomic E-state index is 0.949. The molecule has 0 unspecified atom stereocenters. The van der Waals surface area contributed by atoms with Crippen molar-refractivity contribution in [3.8, 4) is 0 Å². The summed E-state index contributed by atoms with van der Waals surface area (Å²) in [5, 5.41) is 3.52. The van der Waals surface area contributed by atoms with Gasteiger partial charge in [-0.15, -0.1) is 0 Å². The van der Waals surface area contributed by atoms with E-state index in [9.17, 15) is 0 Å². The summed E-state index contributed by atoms with van der Waals surface area (Å²) in [5.41, 5.74) is 5.48. The molecule has 0 radical (unpaired) electrons. The molecule has 19 heavy (non-hydrogen) atoms. The molecule has 0 saturated heterocycles. The minimum Gasteiger partial charge on any atom is -0.349 e. The minimum atomic E-state index is 0.949. The van der Waals surface area contributed by atoms with Crippen molar-refractivity contribution in [3.63, 3.8) is 0 Å². The molecule has 2 heterocycles. The van der Waals surface area contributed by atoms with Crippen LogP contribution in [0.5, 0.6) is 0 Å². The number of aromatic nitrogens is 2. The first kappa shape index (κ1) is 13.8. The summed E-state index contributed by atoms with van der Waals surface area (Å²) in [4.78, 5) is 4.03. The molecule has 0 atom stereocenters. The Hall–Kier alpha value is -1.61. The molecule has 3 nitrogen and oxygen atoms in total. The molecule has 0 aliphatic carbocycles. The van der Waals surface area contributed by atoms with Gasteiger partial charge in [0.25, 0.3) is 0 Å². The summed E-state index contributed by atoms with van der Waals surface area (Å²) in [7, 11) is 0. The Morgan fingerprint density at radius 1 is 1.21 bits per heavy atom. The fraction of sp³-hybridized carbons (Fsp3) is 0.438. The SMILES string of the molecule is CCn1c(C)cc(CNCCc2ccncc2)c1C. The number of rotatable bonds is 6. The van der Waals surface area contributed by atoms with Gasteiger partial charge >= 0.3 is 0 Å². The predicted molar refractivity (Wildman–Crippen MR) is 79.2 cm³/mol. The molecular weight excluding hydrogens is 234 g/mol. The maximum absolute atomic E-state index is 4.03. The van der Waals surface area contributed by atoms with Gasteiger partial charge in [-0.2, -0.15) is 0 Å². The van der Waals surface area contributed by atoms with E-state index in [2.05, 4.69) is 53.8 Å². The largest absolute Gasteiger partial charge is 0.349 e. The van der Waals surface area contributed by atoms with Crippen LogP contribution in [0.4, 0.5) is 0 Å². The molecule has 0 saturated carbocycles. The van der Waals surface area contributed by atoms with Crippen molar-refractivity contribution in [2.75, 3.05) is 6.54 Å². The van der Waals surface area contributed by atoms with Gasteiger partial charge in [-0.1, -0.05) is 0 Å². The van der Waals surface area contributed by atoms with E-state index in [-0.39, 0.29) is 0 Å². The van der Waals surface area contributed by atoms with Crippen molar-refractivity contribution in [1.29, 1.82) is 0 Å². The lowest BCUT2D eigenvalue weighted by molar-refractivity contribution is 0.672. The van der Waals surface area contributed by atoms with E-state index < -0.39 is 0 Å². The predicted octanol–water partition coefficient (Wildman–Crippen LogP) is 2.85. The van der Waals surface area contributed by atoms with Crippen LogP contribution in [0, 0.1) is 13.8 Å². The summed E-state index contributed by atoms with van der Waals surface area (Å²) in [6, 6.07) is 6.44. The lowest BCUT2D eigenvalue weighted by atomic mass is 10.2. The van der Waals surface area contributed by atoms with Crippen molar-refractivity contribution in [1.82, 2.24) is 14.9 Å². The Kier molecular flexibility index (Phi) is 4.74. The summed E-state index contributed by atoms with van der Waals surface area (Å²) in [6.07, 6.45) is 4.75. The lowest BCUT2D eigenvalue weighted by Crippen LogP contribution is -2.17. The zero-order valence-electron chi connectivity index (χ0n) is 12.1. The second-order valence-electron chi connectivity index (χ2n) is 4.92. The van der Waals surface area contributed by atoms with Gasteiger partial charge in [0.2, 0.25) is 0 Å². The first-order valence-electron chi connectivity index (χ1n) is 6.97. The van der Waals surface area contributed by atoms with Crippen LogP contribution in [0.15, 0.2) is 30.6 Å². The van der Waals surface area contributed by atoms with Gasteiger partial charge in [0.05, 0.1) is 0 Å². The van der Waals surface area contributed by atoms with Gasteiger partial charge in [0.1, 0.15) is 0 Å². The van der Waals surface area contributed by atoms with Crippen LogP contribution < -0.4 is 5.32 Å². The highest BCUT2D eigenvalue weighted by molar-refractivity contribution is 5.26. The highest BCUT2D eigenvalue weighted by Crippen LogP contribution is 2.14. The highest BCUT2D eigenvalue weighted by atomic mass is 15.0. The molecule has 0 amide bonds. The molecule has 2 rings (SSSR count). The van der Waals surface area contributed by atoms with Crippen molar-refractivity contribution in [2.45, 2.75) is 40.3 Å². The molecule has 0 aromatic carbocycles. The molecule has 0 aliphatic heterocycles. The summed E-state index contributed by atoms with van der Waals surface area (Å²) >= 11 is 0. The van der Waals surface area contributed by atoms with E-state index in [0.29, 0.717) is 0 Å². The van der Waals surface area contributed by atoms with Crippen LogP contribution in [-0.2, 0) is 19.5 Å². The normalized spacial score (nSPS) is 10.9. The van der Waals surface area contributed by atoms with E-state index in [0.717, 1.165) is 26.1 Å². The van der Waals surface area contributed by atoms with Crippen molar-refractivity contribution in [2.24, 2.45) is 0 Å². The summed E-state index contributed by atoms with van der Waals surface area (Å²) in [6.45, 7) is 9.58. The lowest BCUT2D eigenvalue weighted by Gasteiger charge is -2.07. The first-order chi connectivity index (χ1) is 9.22. The van der Waals surface area contributed by atoms with Gasteiger partial charge in [-0.05, 0) is 63.1 Å². The maximum Gasteiger partial charge on any atom is 0.0270 e. The van der Waals surface area contributed by atoms with E-state index >= 15 is 0 Å². The van der Waals surface area contributed by atoms with Gasteiger partial charge in [-0.3, -0.25) is 4.98 Å². The average molecular weight is 257 g/mol. The fourth-order valence-electron chi connectivity index (χ4n) is 2.54.